The van der Waals surface area contributed by atoms with Crippen LogP contribution in [0, 0.1) is 0 Å². The van der Waals surface area contributed by atoms with Crippen LogP contribution in [0.2, 0.25) is 0 Å². The quantitative estimate of drug-likeness (QED) is 0.787. The Kier molecular flexibility index (Phi) is 3.47. The molecule has 4 N–H and O–H groups in total. The van der Waals surface area contributed by atoms with Crippen LogP contribution >= 0.6 is 0 Å². The molecule has 0 spiro atoms. The molecule has 0 heterocycles. The zero-order valence-corrected chi connectivity index (χ0v) is 9.96. The highest BCUT2D eigenvalue weighted by atomic mass is 16.4. The molecule has 0 aliphatic carbocycles. The number of nitrogens with two attached hydrogens (primary N) is 1. The molecule has 5 nitrogen and oxygen atoms in total. The molecule has 2 aromatic carbocycles. The Morgan fingerprint density at radius 1 is 1.05 bits per heavy atom. The van der Waals surface area contributed by atoms with Crippen LogP contribution in [-0.2, 0) is 0 Å². The van der Waals surface area contributed by atoms with Gasteiger partial charge in [-0.05, 0) is 29.3 Å². The fourth-order valence-electron chi connectivity index (χ4n) is 1.83. The van der Waals surface area contributed by atoms with Gasteiger partial charge in [0.25, 0.3) is 0 Å². The first-order chi connectivity index (χ1) is 9.08. The van der Waals surface area contributed by atoms with E-state index in [2.05, 4.69) is 5.32 Å². The van der Waals surface area contributed by atoms with Crippen molar-refractivity contribution >= 4 is 17.7 Å². The third-order valence-corrected chi connectivity index (χ3v) is 2.60. The summed E-state index contributed by atoms with van der Waals surface area (Å²) in [6.45, 7) is 0. The van der Waals surface area contributed by atoms with E-state index >= 15 is 0 Å². The maximum Gasteiger partial charge on any atom is 0.336 e. The monoisotopic (exact) mass is 256 g/mol. The number of nitrogens with one attached hydrogen (secondary N) is 1. The summed E-state index contributed by atoms with van der Waals surface area (Å²) in [5.74, 6) is -0.996. The summed E-state index contributed by atoms with van der Waals surface area (Å²) >= 11 is 0. The first kappa shape index (κ1) is 12.6. The summed E-state index contributed by atoms with van der Waals surface area (Å²) < 4.78 is 0. The number of carboxylic acid groups (broad SMARTS) is 1. The molecule has 5 heteroatoms. The summed E-state index contributed by atoms with van der Waals surface area (Å²) in [5.41, 5.74) is 7.06. The van der Waals surface area contributed by atoms with Crippen molar-refractivity contribution in [3.63, 3.8) is 0 Å². The van der Waals surface area contributed by atoms with E-state index in [0.717, 1.165) is 0 Å². The third-order valence-electron chi connectivity index (χ3n) is 2.60. The Hall–Kier alpha value is -2.82. The zero-order valence-electron chi connectivity index (χ0n) is 9.96. The molecule has 0 bridgehead atoms. The smallest absolute Gasteiger partial charge is 0.336 e. The molecule has 2 aromatic rings. The van der Waals surface area contributed by atoms with Crippen LogP contribution in [0.4, 0.5) is 10.5 Å². The Morgan fingerprint density at radius 3 is 2.47 bits per heavy atom. The predicted octanol–water partition coefficient (Wildman–Crippen LogP) is 2.54. The number of rotatable bonds is 3. The van der Waals surface area contributed by atoms with Gasteiger partial charge in [-0.25, -0.2) is 9.59 Å². The minimum atomic E-state index is -0.996. The van der Waals surface area contributed by atoms with E-state index < -0.39 is 12.0 Å². The minimum absolute atomic E-state index is 0.207. The molecule has 0 aliphatic rings. The molecule has 0 aliphatic heterocycles. The molecule has 0 saturated heterocycles. The van der Waals surface area contributed by atoms with Crippen LogP contribution in [0.25, 0.3) is 11.1 Å². The van der Waals surface area contributed by atoms with Crippen molar-refractivity contribution in [1.29, 1.82) is 0 Å². The fourth-order valence-corrected chi connectivity index (χ4v) is 1.83. The van der Waals surface area contributed by atoms with Gasteiger partial charge in [0.15, 0.2) is 0 Å². The Morgan fingerprint density at radius 2 is 1.79 bits per heavy atom. The fraction of sp³-hybridized carbons (Fsp3) is 0. The first-order valence-corrected chi connectivity index (χ1v) is 5.57. The van der Waals surface area contributed by atoms with Gasteiger partial charge in [0, 0.05) is 5.69 Å². The van der Waals surface area contributed by atoms with E-state index in [1.807, 2.05) is 0 Å². The number of benzene rings is 2. The average Bonchev–Trinajstić information content (AvgIpc) is 2.38. The zero-order chi connectivity index (χ0) is 13.8. The molecule has 2 amide bonds. The van der Waals surface area contributed by atoms with E-state index in [4.69, 9.17) is 10.8 Å². The number of anilines is 1. The molecule has 0 radical (unpaired) electrons. The standard InChI is InChI=1S/C14H12N2O3/c15-14(19)16-10-5-3-4-9(8-10)11-6-1-2-7-12(11)13(17)18/h1-8H,(H,17,18)(H3,15,16,19). The minimum Gasteiger partial charge on any atom is -0.478 e. The van der Waals surface area contributed by atoms with Gasteiger partial charge >= 0.3 is 12.0 Å². The van der Waals surface area contributed by atoms with E-state index in [0.29, 0.717) is 16.8 Å². The Labute approximate surface area is 109 Å². The summed E-state index contributed by atoms with van der Waals surface area (Å²) in [6.07, 6.45) is 0. The van der Waals surface area contributed by atoms with Crippen molar-refractivity contribution in [2.75, 3.05) is 5.32 Å². The van der Waals surface area contributed by atoms with Crippen LogP contribution in [0.1, 0.15) is 10.4 Å². The first-order valence-electron chi connectivity index (χ1n) is 5.57. The number of primary amides is 1. The van der Waals surface area contributed by atoms with Crippen LogP contribution < -0.4 is 11.1 Å². The van der Waals surface area contributed by atoms with Gasteiger partial charge < -0.3 is 16.2 Å². The lowest BCUT2D eigenvalue weighted by Crippen LogP contribution is -2.19. The van der Waals surface area contributed by atoms with Crippen molar-refractivity contribution < 1.29 is 14.7 Å². The summed E-state index contributed by atoms with van der Waals surface area (Å²) in [7, 11) is 0. The second kappa shape index (κ2) is 5.22. The molecular formula is C14H12N2O3. The lowest BCUT2D eigenvalue weighted by Gasteiger charge is -2.08. The molecule has 0 atom stereocenters. The Balaban J connectivity index is 2.47. The number of urea groups is 1. The van der Waals surface area contributed by atoms with E-state index in [1.165, 1.54) is 6.07 Å². The highest BCUT2D eigenvalue weighted by molar-refractivity contribution is 5.96. The highest BCUT2D eigenvalue weighted by Gasteiger charge is 2.11. The number of hydrogen-bond donors (Lipinski definition) is 3. The molecular weight excluding hydrogens is 244 g/mol. The SMILES string of the molecule is NC(=O)Nc1cccc(-c2ccccc2C(=O)O)c1. The number of hydrogen-bond acceptors (Lipinski definition) is 2. The van der Waals surface area contributed by atoms with Crippen LogP contribution in [0.3, 0.4) is 0 Å². The maximum atomic E-state index is 11.2. The van der Waals surface area contributed by atoms with Gasteiger partial charge in [0.1, 0.15) is 0 Å². The van der Waals surface area contributed by atoms with Gasteiger partial charge in [-0.15, -0.1) is 0 Å². The van der Waals surface area contributed by atoms with Gasteiger partial charge in [-0.3, -0.25) is 0 Å². The molecule has 0 saturated carbocycles. The Bertz CT molecular complexity index is 638. The normalized spacial score (nSPS) is 9.89. The largest absolute Gasteiger partial charge is 0.478 e. The third kappa shape index (κ3) is 2.90. The maximum absolute atomic E-state index is 11.2. The van der Waals surface area contributed by atoms with Gasteiger partial charge in [0.05, 0.1) is 5.56 Å². The summed E-state index contributed by atoms with van der Waals surface area (Å²) in [5, 5.41) is 11.6. The van der Waals surface area contributed by atoms with Gasteiger partial charge in [0.2, 0.25) is 0 Å². The van der Waals surface area contributed by atoms with Gasteiger partial charge in [-0.2, -0.15) is 0 Å². The van der Waals surface area contributed by atoms with E-state index in [-0.39, 0.29) is 5.56 Å². The van der Waals surface area contributed by atoms with Crippen LogP contribution in [0.5, 0.6) is 0 Å². The second-order valence-electron chi connectivity index (χ2n) is 3.92. The molecule has 2 rings (SSSR count). The van der Waals surface area contributed by atoms with Crippen molar-refractivity contribution in [3.05, 3.63) is 54.1 Å². The second-order valence-corrected chi connectivity index (χ2v) is 3.92. The van der Waals surface area contributed by atoms with Crippen molar-refractivity contribution in [2.45, 2.75) is 0 Å². The van der Waals surface area contributed by atoms with E-state index in [9.17, 15) is 9.59 Å². The average molecular weight is 256 g/mol. The highest BCUT2D eigenvalue weighted by Crippen LogP contribution is 2.26. The number of carbonyl (C=O) groups is 2. The summed E-state index contributed by atoms with van der Waals surface area (Å²) in [4.78, 5) is 22.0. The van der Waals surface area contributed by atoms with Crippen molar-refractivity contribution in [1.82, 2.24) is 0 Å². The topological polar surface area (TPSA) is 92.4 Å². The molecule has 0 unspecified atom stereocenters. The lowest BCUT2D eigenvalue weighted by molar-refractivity contribution is 0.0697. The predicted molar refractivity (Wildman–Crippen MR) is 72.0 cm³/mol. The summed E-state index contributed by atoms with van der Waals surface area (Å²) in [6, 6.07) is 12.9. The van der Waals surface area contributed by atoms with E-state index in [1.54, 1.807) is 42.5 Å². The number of carboxylic acids is 1. The van der Waals surface area contributed by atoms with Crippen LogP contribution in [-0.4, -0.2) is 17.1 Å². The molecule has 0 fully saturated rings. The van der Waals surface area contributed by atoms with Gasteiger partial charge in [-0.1, -0.05) is 30.3 Å². The molecule has 0 aromatic heterocycles. The van der Waals surface area contributed by atoms with Crippen LogP contribution in [0.15, 0.2) is 48.5 Å². The number of amides is 2. The van der Waals surface area contributed by atoms with Crippen molar-refractivity contribution in [3.8, 4) is 11.1 Å². The molecule has 96 valence electrons. The lowest BCUT2D eigenvalue weighted by atomic mass is 9.99. The molecule has 19 heavy (non-hydrogen) atoms. The number of carbonyl (C=O) groups excluding carboxylic acids is 1. The van der Waals surface area contributed by atoms with Crippen molar-refractivity contribution in [2.24, 2.45) is 5.73 Å². The number of aromatic carboxylic acids is 1.